The standard InChI is InChI=1S/C14H16FNO3S/c1-2-5-11(14(18)19)16-13(17)8-9-20-12-7-4-3-6-10(12)15/h2-4,6-7,11H,1,5,8-9H2,(H,16,17)(H,18,19). The summed E-state index contributed by atoms with van der Waals surface area (Å²) in [7, 11) is 0. The maximum absolute atomic E-state index is 13.3. The molecule has 0 aliphatic rings. The molecule has 6 heteroatoms. The minimum atomic E-state index is -1.10. The van der Waals surface area contributed by atoms with Gasteiger partial charge in [0.25, 0.3) is 0 Å². The molecule has 0 spiro atoms. The lowest BCUT2D eigenvalue weighted by molar-refractivity contribution is -0.141. The number of amides is 1. The van der Waals surface area contributed by atoms with E-state index in [0.29, 0.717) is 10.6 Å². The first-order valence-electron chi connectivity index (χ1n) is 6.05. The Morgan fingerprint density at radius 2 is 2.15 bits per heavy atom. The van der Waals surface area contributed by atoms with Gasteiger partial charge in [0.15, 0.2) is 0 Å². The number of hydrogen-bond acceptors (Lipinski definition) is 3. The number of carbonyl (C=O) groups excluding carboxylic acids is 1. The molecule has 1 rings (SSSR count). The number of thioether (sulfide) groups is 1. The van der Waals surface area contributed by atoms with E-state index in [4.69, 9.17) is 5.11 Å². The van der Waals surface area contributed by atoms with Gasteiger partial charge in [0.1, 0.15) is 11.9 Å². The maximum Gasteiger partial charge on any atom is 0.326 e. The molecule has 0 fully saturated rings. The van der Waals surface area contributed by atoms with Crippen LogP contribution < -0.4 is 5.32 Å². The number of rotatable bonds is 8. The first kappa shape index (κ1) is 16.2. The van der Waals surface area contributed by atoms with Gasteiger partial charge in [-0.25, -0.2) is 9.18 Å². The second-order valence-corrected chi connectivity index (χ2v) is 5.15. The molecule has 0 aliphatic heterocycles. The molecule has 0 aliphatic carbocycles. The summed E-state index contributed by atoms with van der Waals surface area (Å²) in [6, 6.07) is 5.34. The molecule has 2 N–H and O–H groups in total. The number of benzene rings is 1. The number of hydrogen-bond donors (Lipinski definition) is 2. The van der Waals surface area contributed by atoms with Crippen LogP contribution >= 0.6 is 11.8 Å². The molecule has 0 saturated heterocycles. The second-order valence-electron chi connectivity index (χ2n) is 4.01. The maximum atomic E-state index is 13.3. The van der Waals surface area contributed by atoms with E-state index in [-0.39, 0.29) is 24.6 Å². The third-order valence-corrected chi connectivity index (χ3v) is 3.51. The van der Waals surface area contributed by atoms with E-state index in [0.717, 1.165) is 0 Å². The highest BCUT2D eigenvalue weighted by Crippen LogP contribution is 2.21. The Hall–Kier alpha value is -1.82. The van der Waals surface area contributed by atoms with Gasteiger partial charge >= 0.3 is 5.97 Å². The van der Waals surface area contributed by atoms with Gasteiger partial charge in [-0.15, -0.1) is 18.3 Å². The number of carboxylic acid groups (broad SMARTS) is 1. The molecule has 0 radical (unpaired) electrons. The minimum Gasteiger partial charge on any atom is -0.480 e. The lowest BCUT2D eigenvalue weighted by Crippen LogP contribution is -2.40. The molecule has 0 bridgehead atoms. The summed E-state index contributed by atoms with van der Waals surface area (Å²) in [6.07, 6.45) is 1.73. The first-order chi connectivity index (χ1) is 9.54. The molecular formula is C14H16FNO3S. The van der Waals surface area contributed by atoms with E-state index < -0.39 is 12.0 Å². The Labute approximate surface area is 121 Å². The molecule has 0 heterocycles. The highest BCUT2D eigenvalue weighted by Gasteiger charge is 2.17. The van der Waals surface area contributed by atoms with E-state index in [1.165, 1.54) is 23.9 Å². The van der Waals surface area contributed by atoms with Crippen LogP contribution in [-0.2, 0) is 9.59 Å². The first-order valence-corrected chi connectivity index (χ1v) is 7.03. The molecule has 108 valence electrons. The molecular weight excluding hydrogens is 281 g/mol. The number of aliphatic carboxylic acids is 1. The van der Waals surface area contributed by atoms with Crippen molar-refractivity contribution in [1.82, 2.24) is 5.32 Å². The molecule has 1 aromatic rings. The zero-order valence-corrected chi connectivity index (χ0v) is 11.7. The molecule has 0 saturated carbocycles. The van der Waals surface area contributed by atoms with Gasteiger partial charge in [-0.3, -0.25) is 4.79 Å². The van der Waals surface area contributed by atoms with Crippen molar-refractivity contribution in [2.75, 3.05) is 5.75 Å². The van der Waals surface area contributed by atoms with Crippen molar-refractivity contribution in [1.29, 1.82) is 0 Å². The van der Waals surface area contributed by atoms with Crippen molar-refractivity contribution in [3.63, 3.8) is 0 Å². The van der Waals surface area contributed by atoms with Gasteiger partial charge in [0.05, 0.1) is 0 Å². The van der Waals surface area contributed by atoms with Crippen LogP contribution in [0.3, 0.4) is 0 Å². The Morgan fingerprint density at radius 1 is 1.45 bits per heavy atom. The SMILES string of the molecule is C=CCC(NC(=O)CCSc1ccccc1F)C(=O)O. The smallest absolute Gasteiger partial charge is 0.326 e. The van der Waals surface area contributed by atoms with Gasteiger partial charge in [-0.05, 0) is 18.6 Å². The van der Waals surface area contributed by atoms with Gasteiger partial charge in [-0.2, -0.15) is 0 Å². The van der Waals surface area contributed by atoms with Crippen molar-refractivity contribution in [3.8, 4) is 0 Å². The van der Waals surface area contributed by atoms with Crippen molar-refractivity contribution in [3.05, 3.63) is 42.7 Å². The zero-order chi connectivity index (χ0) is 15.0. The van der Waals surface area contributed by atoms with Crippen LogP contribution in [0.2, 0.25) is 0 Å². The monoisotopic (exact) mass is 297 g/mol. The lowest BCUT2D eigenvalue weighted by atomic mass is 10.2. The fourth-order valence-electron chi connectivity index (χ4n) is 1.47. The van der Waals surface area contributed by atoms with Crippen molar-refractivity contribution in [2.45, 2.75) is 23.8 Å². The van der Waals surface area contributed by atoms with Crippen LogP contribution in [0.1, 0.15) is 12.8 Å². The largest absolute Gasteiger partial charge is 0.480 e. The highest BCUT2D eigenvalue weighted by atomic mass is 32.2. The van der Waals surface area contributed by atoms with Crippen LogP contribution in [-0.4, -0.2) is 28.8 Å². The average Bonchev–Trinajstić information content (AvgIpc) is 2.40. The van der Waals surface area contributed by atoms with Gasteiger partial charge in [0, 0.05) is 17.1 Å². The van der Waals surface area contributed by atoms with Crippen molar-refractivity contribution < 1.29 is 19.1 Å². The fourth-order valence-corrected chi connectivity index (χ4v) is 2.36. The highest BCUT2D eigenvalue weighted by molar-refractivity contribution is 7.99. The minimum absolute atomic E-state index is 0.125. The fraction of sp³-hybridized carbons (Fsp3) is 0.286. The zero-order valence-electron chi connectivity index (χ0n) is 10.8. The van der Waals surface area contributed by atoms with Crippen molar-refractivity contribution >= 4 is 23.6 Å². The van der Waals surface area contributed by atoms with Gasteiger partial charge < -0.3 is 10.4 Å². The van der Waals surface area contributed by atoms with Gasteiger partial charge in [0.2, 0.25) is 5.91 Å². The molecule has 1 amide bonds. The van der Waals surface area contributed by atoms with Crippen molar-refractivity contribution in [2.24, 2.45) is 0 Å². The Kier molecular flexibility index (Phi) is 6.79. The van der Waals surface area contributed by atoms with E-state index in [1.54, 1.807) is 18.2 Å². The van der Waals surface area contributed by atoms with Crippen LogP contribution in [0.25, 0.3) is 0 Å². The Balaban J connectivity index is 2.38. The average molecular weight is 297 g/mol. The van der Waals surface area contributed by atoms with Crippen LogP contribution in [0.4, 0.5) is 4.39 Å². The summed E-state index contributed by atoms with van der Waals surface area (Å²) in [5, 5.41) is 11.3. The van der Waals surface area contributed by atoms with E-state index in [2.05, 4.69) is 11.9 Å². The quantitative estimate of drug-likeness (QED) is 0.571. The van der Waals surface area contributed by atoms with Gasteiger partial charge in [-0.1, -0.05) is 18.2 Å². The summed E-state index contributed by atoms with van der Waals surface area (Å²) in [5.41, 5.74) is 0. The summed E-state index contributed by atoms with van der Waals surface area (Å²) >= 11 is 1.22. The van der Waals surface area contributed by atoms with Crippen LogP contribution in [0.5, 0.6) is 0 Å². The van der Waals surface area contributed by atoms with Crippen LogP contribution in [0.15, 0.2) is 41.8 Å². The summed E-state index contributed by atoms with van der Waals surface area (Å²) in [4.78, 5) is 22.9. The normalized spacial score (nSPS) is 11.7. The van der Waals surface area contributed by atoms with E-state index >= 15 is 0 Å². The third-order valence-electron chi connectivity index (χ3n) is 2.46. The lowest BCUT2D eigenvalue weighted by Gasteiger charge is -2.12. The summed E-state index contributed by atoms with van der Waals surface area (Å²) in [5.74, 6) is -1.41. The topological polar surface area (TPSA) is 66.4 Å². The molecule has 1 unspecified atom stereocenters. The second kappa shape index (κ2) is 8.37. The molecule has 1 atom stereocenters. The molecule has 0 aromatic heterocycles. The number of carbonyl (C=O) groups is 2. The predicted octanol–water partition coefficient (Wildman–Crippen LogP) is 2.45. The summed E-state index contributed by atoms with van der Waals surface area (Å²) < 4.78 is 13.3. The molecule has 1 aromatic carbocycles. The van der Waals surface area contributed by atoms with Crippen LogP contribution in [0, 0.1) is 5.82 Å². The number of carboxylic acids is 1. The van der Waals surface area contributed by atoms with E-state index in [1.807, 2.05) is 0 Å². The number of halogens is 1. The summed E-state index contributed by atoms with van der Waals surface area (Å²) in [6.45, 7) is 3.44. The Bertz CT molecular complexity index is 493. The molecule has 4 nitrogen and oxygen atoms in total. The molecule has 20 heavy (non-hydrogen) atoms. The predicted molar refractivity (Wildman–Crippen MR) is 76.1 cm³/mol. The Morgan fingerprint density at radius 3 is 2.75 bits per heavy atom. The third kappa shape index (κ3) is 5.44. The number of nitrogens with one attached hydrogen (secondary N) is 1. The van der Waals surface area contributed by atoms with E-state index in [9.17, 15) is 14.0 Å².